The van der Waals surface area contributed by atoms with Crippen molar-refractivity contribution in [3.8, 4) is 5.75 Å². The van der Waals surface area contributed by atoms with Crippen molar-refractivity contribution in [3.05, 3.63) is 23.8 Å². The van der Waals surface area contributed by atoms with Crippen LogP contribution in [0.2, 0.25) is 0 Å². The Bertz CT molecular complexity index is 425. The molecule has 0 radical (unpaired) electrons. The van der Waals surface area contributed by atoms with Gasteiger partial charge in [-0.2, -0.15) is 13.2 Å². The van der Waals surface area contributed by atoms with E-state index in [0.29, 0.717) is 19.5 Å². The Labute approximate surface area is 115 Å². The van der Waals surface area contributed by atoms with E-state index in [1.807, 2.05) is 11.9 Å². The highest BCUT2D eigenvalue weighted by atomic mass is 19.4. The van der Waals surface area contributed by atoms with Crippen LogP contribution in [-0.4, -0.2) is 43.4 Å². The number of nitrogens with two attached hydrogens (primary N) is 1. The monoisotopic (exact) mass is 292 g/mol. The first-order valence-corrected chi connectivity index (χ1v) is 6.23. The van der Waals surface area contributed by atoms with Crippen molar-refractivity contribution in [1.29, 1.82) is 0 Å². The molecule has 114 valence electrons. The quantitative estimate of drug-likeness (QED) is 0.596. The molecule has 3 N–H and O–H groups in total. The summed E-state index contributed by atoms with van der Waals surface area (Å²) in [5, 5.41) is 8.72. The van der Waals surface area contributed by atoms with Crippen LogP contribution in [0.3, 0.4) is 0 Å². The highest BCUT2D eigenvalue weighted by Crippen LogP contribution is 2.33. The van der Waals surface area contributed by atoms with Crippen LogP contribution in [0.15, 0.2) is 18.2 Å². The molecule has 0 heterocycles. The van der Waals surface area contributed by atoms with Crippen molar-refractivity contribution in [2.75, 3.05) is 39.1 Å². The minimum atomic E-state index is -4.44. The van der Waals surface area contributed by atoms with Crippen molar-refractivity contribution in [2.24, 2.45) is 0 Å². The standard InChI is InChI=1S/C13H19F3N2O2/c1-18(4-5-19)3-2-6-20-12-8-10(13(14,15)16)7-11(17)9-12/h7-9,19H,2-6,17H2,1H3. The normalized spacial score (nSPS) is 11.9. The van der Waals surface area contributed by atoms with E-state index in [9.17, 15) is 13.2 Å². The molecule has 0 saturated heterocycles. The minimum Gasteiger partial charge on any atom is -0.493 e. The van der Waals surface area contributed by atoms with E-state index in [2.05, 4.69) is 0 Å². The van der Waals surface area contributed by atoms with Gasteiger partial charge in [0.25, 0.3) is 0 Å². The fourth-order valence-electron chi connectivity index (χ4n) is 1.68. The SMILES string of the molecule is CN(CCO)CCCOc1cc(N)cc(C(F)(F)F)c1. The highest BCUT2D eigenvalue weighted by Gasteiger charge is 2.31. The van der Waals surface area contributed by atoms with Gasteiger partial charge in [0.05, 0.1) is 18.8 Å². The van der Waals surface area contributed by atoms with Crippen molar-refractivity contribution in [1.82, 2.24) is 4.90 Å². The summed E-state index contributed by atoms with van der Waals surface area (Å²) in [4.78, 5) is 1.91. The zero-order chi connectivity index (χ0) is 15.2. The number of nitrogens with zero attached hydrogens (tertiary/aromatic N) is 1. The summed E-state index contributed by atoms with van der Waals surface area (Å²) in [6.07, 6.45) is -3.79. The van der Waals surface area contributed by atoms with Crippen LogP contribution >= 0.6 is 0 Å². The molecule has 0 aromatic heterocycles. The number of alkyl halides is 3. The second kappa shape index (κ2) is 7.35. The first-order chi connectivity index (χ1) is 9.32. The van der Waals surface area contributed by atoms with Crippen molar-refractivity contribution >= 4 is 5.69 Å². The zero-order valence-electron chi connectivity index (χ0n) is 11.3. The second-order valence-electron chi connectivity index (χ2n) is 4.52. The maximum atomic E-state index is 12.6. The number of ether oxygens (including phenoxy) is 1. The number of aliphatic hydroxyl groups is 1. The summed E-state index contributed by atoms with van der Waals surface area (Å²) in [5.41, 5.74) is 4.64. The number of hydrogen-bond acceptors (Lipinski definition) is 4. The Balaban J connectivity index is 2.50. The third-order valence-corrected chi connectivity index (χ3v) is 2.69. The Hall–Kier alpha value is -1.47. The van der Waals surface area contributed by atoms with Crippen molar-refractivity contribution in [2.45, 2.75) is 12.6 Å². The van der Waals surface area contributed by atoms with Gasteiger partial charge in [0, 0.05) is 24.8 Å². The van der Waals surface area contributed by atoms with Gasteiger partial charge in [-0.25, -0.2) is 0 Å². The number of rotatable bonds is 7. The van der Waals surface area contributed by atoms with E-state index in [1.54, 1.807) is 0 Å². The molecule has 0 bridgehead atoms. The van der Waals surface area contributed by atoms with E-state index in [-0.39, 0.29) is 24.7 Å². The molecule has 0 spiro atoms. The van der Waals surface area contributed by atoms with Gasteiger partial charge in [-0.3, -0.25) is 0 Å². The molecule has 0 fully saturated rings. The lowest BCUT2D eigenvalue weighted by atomic mass is 10.2. The predicted octanol–water partition coefficient (Wildman–Crippen LogP) is 1.98. The molecule has 20 heavy (non-hydrogen) atoms. The number of anilines is 1. The Morgan fingerprint density at radius 1 is 1.25 bits per heavy atom. The predicted molar refractivity (Wildman–Crippen MR) is 70.6 cm³/mol. The maximum absolute atomic E-state index is 12.6. The number of benzene rings is 1. The van der Waals surface area contributed by atoms with E-state index in [1.165, 1.54) is 6.07 Å². The van der Waals surface area contributed by atoms with Crippen LogP contribution in [-0.2, 0) is 6.18 Å². The lowest BCUT2D eigenvalue weighted by Gasteiger charge is -2.15. The third-order valence-electron chi connectivity index (χ3n) is 2.69. The van der Waals surface area contributed by atoms with Crippen LogP contribution in [0.25, 0.3) is 0 Å². The Morgan fingerprint density at radius 3 is 2.55 bits per heavy atom. The van der Waals surface area contributed by atoms with Gasteiger partial charge >= 0.3 is 6.18 Å². The molecule has 0 aliphatic rings. The molecular weight excluding hydrogens is 273 g/mol. The molecule has 7 heteroatoms. The molecule has 4 nitrogen and oxygen atoms in total. The van der Waals surface area contributed by atoms with Crippen LogP contribution in [0, 0.1) is 0 Å². The summed E-state index contributed by atoms with van der Waals surface area (Å²) in [6, 6.07) is 3.18. The van der Waals surface area contributed by atoms with Gasteiger partial charge in [0.1, 0.15) is 5.75 Å². The first-order valence-electron chi connectivity index (χ1n) is 6.23. The molecule has 0 aliphatic carbocycles. The topological polar surface area (TPSA) is 58.7 Å². The van der Waals surface area contributed by atoms with Crippen LogP contribution in [0.5, 0.6) is 5.75 Å². The van der Waals surface area contributed by atoms with Gasteiger partial charge in [-0.05, 0) is 25.6 Å². The fraction of sp³-hybridized carbons (Fsp3) is 0.538. The van der Waals surface area contributed by atoms with Crippen LogP contribution in [0.4, 0.5) is 18.9 Å². The molecule has 1 rings (SSSR count). The largest absolute Gasteiger partial charge is 0.493 e. The van der Waals surface area contributed by atoms with E-state index in [4.69, 9.17) is 15.6 Å². The third kappa shape index (κ3) is 5.66. The van der Waals surface area contributed by atoms with Gasteiger partial charge in [-0.1, -0.05) is 0 Å². The molecule has 0 amide bonds. The molecule has 0 unspecified atom stereocenters. The van der Waals surface area contributed by atoms with Crippen molar-refractivity contribution in [3.63, 3.8) is 0 Å². The minimum absolute atomic E-state index is 0.0206. The number of halogens is 3. The summed E-state index contributed by atoms with van der Waals surface area (Å²) in [7, 11) is 1.85. The lowest BCUT2D eigenvalue weighted by molar-refractivity contribution is -0.137. The van der Waals surface area contributed by atoms with Gasteiger partial charge < -0.3 is 20.5 Å². The summed E-state index contributed by atoms with van der Waals surface area (Å²) in [5.74, 6) is 0.113. The van der Waals surface area contributed by atoms with E-state index in [0.717, 1.165) is 12.1 Å². The number of aliphatic hydroxyl groups excluding tert-OH is 1. The van der Waals surface area contributed by atoms with E-state index >= 15 is 0 Å². The van der Waals surface area contributed by atoms with Crippen LogP contribution in [0.1, 0.15) is 12.0 Å². The smallest absolute Gasteiger partial charge is 0.416 e. The fourth-order valence-corrected chi connectivity index (χ4v) is 1.68. The molecule has 0 atom stereocenters. The number of hydrogen-bond donors (Lipinski definition) is 2. The molecule has 0 saturated carbocycles. The average Bonchev–Trinajstić information content (AvgIpc) is 2.33. The van der Waals surface area contributed by atoms with Crippen molar-refractivity contribution < 1.29 is 23.0 Å². The highest BCUT2D eigenvalue weighted by molar-refractivity contribution is 5.48. The molecule has 1 aromatic carbocycles. The first kappa shape index (κ1) is 16.6. The zero-order valence-corrected chi connectivity index (χ0v) is 11.3. The second-order valence-corrected chi connectivity index (χ2v) is 4.52. The summed E-state index contributed by atoms with van der Waals surface area (Å²) < 4.78 is 43.0. The molecule has 1 aromatic rings. The van der Waals surface area contributed by atoms with E-state index < -0.39 is 11.7 Å². The lowest BCUT2D eigenvalue weighted by Crippen LogP contribution is -2.24. The maximum Gasteiger partial charge on any atom is 0.416 e. The van der Waals surface area contributed by atoms with Gasteiger partial charge in [0.15, 0.2) is 0 Å². The van der Waals surface area contributed by atoms with Gasteiger partial charge in [0.2, 0.25) is 0 Å². The van der Waals surface area contributed by atoms with Gasteiger partial charge in [-0.15, -0.1) is 0 Å². The summed E-state index contributed by atoms with van der Waals surface area (Å²) in [6.45, 7) is 1.60. The summed E-state index contributed by atoms with van der Waals surface area (Å²) >= 11 is 0. The molecule has 0 aliphatic heterocycles. The molecular formula is C13H19F3N2O2. The Kier molecular flexibility index (Phi) is 6.09. The number of likely N-dealkylation sites (N-methyl/N-ethyl adjacent to an activating group) is 1. The number of nitrogen functional groups attached to an aromatic ring is 1. The Morgan fingerprint density at radius 2 is 1.95 bits per heavy atom. The van der Waals surface area contributed by atoms with Crippen LogP contribution < -0.4 is 10.5 Å². The average molecular weight is 292 g/mol.